The van der Waals surface area contributed by atoms with Gasteiger partial charge in [-0.3, -0.25) is 8.98 Å². The van der Waals surface area contributed by atoms with Gasteiger partial charge in [-0.2, -0.15) is 8.42 Å². The number of carbonyl (C=O) groups excluding carboxylic acids is 1. The summed E-state index contributed by atoms with van der Waals surface area (Å²) < 4.78 is 28.4. The van der Waals surface area contributed by atoms with Crippen molar-refractivity contribution in [1.29, 1.82) is 0 Å². The van der Waals surface area contributed by atoms with E-state index in [1.165, 1.54) is 0 Å². The Morgan fingerprint density at radius 3 is 2.62 bits per heavy atom. The first-order valence-electron chi connectivity index (χ1n) is 8.33. The highest BCUT2D eigenvalue weighted by Gasteiger charge is 2.38. The van der Waals surface area contributed by atoms with Crippen LogP contribution in [0.15, 0.2) is 24.3 Å². The standard InChI is InChI=1S/C17H26N2O4S/c1-4-5-13-24(21,22)23-12-8-11-19-15-10-7-6-9-14(15)18-17(2,3)16(19)20/h6-7,9-10,18H,4-5,8,11-13H2,1-3H3. The first-order valence-corrected chi connectivity index (χ1v) is 9.91. The van der Waals surface area contributed by atoms with E-state index in [4.69, 9.17) is 4.18 Å². The molecule has 0 saturated carbocycles. The molecule has 134 valence electrons. The summed E-state index contributed by atoms with van der Waals surface area (Å²) in [6.07, 6.45) is 1.87. The molecular formula is C17H26N2O4S. The Balaban J connectivity index is 1.98. The van der Waals surface area contributed by atoms with Gasteiger partial charge in [0.25, 0.3) is 16.0 Å². The average molecular weight is 354 g/mol. The average Bonchev–Trinajstić information content (AvgIpc) is 2.52. The third kappa shape index (κ3) is 4.48. The highest BCUT2D eigenvalue weighted by atomic mass is 32.2. The van der Waals surface area contributed by atoms with Gasteiger partial charge >= 0.3 is 0 Å². The Hall–Kier alpha value is -1.60. The van der Waals surface area contributed by atoms with E-state index in [9.17, 15) is 13.2 Å². The molecule has 1 aliphatic rings. The summed E-state index contributed by atoms with van der Waals surface area (Å²) in [4.78, 5) is 14.3. The Kier molecular flexibility index (Phi) is 5.87. The van der Waals surface area contributed by atoms with Crippen molar-refractivity contribution < 1.29 is 17.4 Å². The summed E-state index contributed by atoms with van der Waals surface area (Å²) in [6.45, 7) is 6.12. The number of rotatable bonds is 8. The van der Waals surface area contributed by atoms with Gasteiger partial charge in [-0.25, -0.2) is 0 Å². The normalized spacial score (nSPS) is 16.6. The van der Waals surface area contributed by atoms with Crippen LogP contribution in [0.4, 0.5) is 11.4 Å². The summed E-state index contributed by atoms with van der Waals surface area (Å²) in [6, 6.07) is 7.61. The van der Waals surface area contributed by atoms with Gasteiger partial charge in [0.05, 0.1) is 23.7 Å². The lowest BCUT2D eigenvalue weighted by atomic mass is 9.98. The third-order valence-corrected chi connectivity index (χ3v) is 5.27. The van der Waals surface area contributed by atoms with E-state index in [0.29, 0.717) is 19.4 Å². The molecule has 1 heterocycles. The number of unbranched alkanes of at least 4 members (excludes halogenated alkanes) is 1. The summed E-state index contributed by atoms with van der Waals surface area (Å²) >= 11 is 0. The Bertz CT molecular complexity index is 686. The molecule has 0 radical (unpaired) electrons. The lowest BCUT2D eigenvalue weighted by Gasteiger charge is -2.40. The van der Waals surface area contributed by atoms with E-state index >= 15 is 0 Å². The predicted octanol–water partition coefficient (Wildman–Crippen LogP) is 2.76. The van der Waals surface area contributed by atoms with Gasteiger partial charge in [0.1, 0.15) is 5.54 Å². The Morgan fingerprint density at radius 2 is 1.92 bits per heavy atom. The molecule has 1 aromatic carbocycles. The first kappa shape index (κ1) is 18.7. The van der Waals surface area contributed by atoms with Crippen LogP contribution in [0, 0.1) is 0 Å². The van der Waals surface area contributed by atoms with Crippen molar-refractivity contribution in [3.05, 3.63) is 24.3 Å². The number of hydrogen-bond donors (Lipinski definition) is 1. The number of hydrogen-bond acceptors (Lipinski definition) is 5. The Labute approximate surface area is 144 Å². The molecular weight excluding hydrogens is 328 g/mol. The number of benzene rings is 1. The summed E-state index contributed by atoms with van der Waals surface area (Å²) in [7, 11) is -3.46. The van der Waals surface area contributed by atoms with Gasteiger partial charge in [-0.1, -0.05) is 25.5 Å². The fourth-order valence-electron chi connectivity index (χ4n) is 2.66. The van der Waals surface area contributed by atoms with Crippen LogP contribution < -0.4 is 10.2 Å². The molecule has 1 aliphatic heterocycles. The molecule has 0 saturated heterocycles. The fraction of sp³-hybridized carbons (Fsp3) is 0.588. The molecule has 0 fully saturated rings. The number of nitrogens with zero attached hydrogens (tertiary/aromatic N) is 1. The summed E-state index contributed by atoms with van der Waals surface area (Å²) in [5, 5.41) is 3.24. The van der Waals surface area contributed by atoms with Crippen LogP contribution in [0.5, 0.6) is 0 Å². The number of para-hydroxylation sites is 2. The molecule has 1 aromatic rings. The smallest absolute Gasteiger partial charge is 0.267 e. The van der Waals surface area contributed by atoms with Crippen molar-refractivity contribution in [3.8, 4) is 0 Å². The second-order valence-corrected chi connectivity index (χ2v) is 8.27. The minimum absolute atomic E-state index is 0.0324. The molecule has 0 aliphatic carbocycles. The molecule has 24 heavy (non-hydrogen) atoms. The largest absolute Gasteiger partial charge is 0.370 e. The summed E-state index contributed by atoms with van der Waals surface area (Å²) in [5.74, 6) is 0.0152. The maximum Gasteiger partial charge on any atom is 0.267 e. The number of amides is 1. The van der Waals surface area contributed by atoms with Crippen LogP contribution >= 0.6 is 0 Å². The predicted molar refractivity (Wildman–Crippen MR) is 95.8 cm³/mol. The SMILES string of the molecule is CCCCS(=O)(=O)OCCCN1C(=O)C(C)(C)Nc2ccccc21. The maximum atomic E-state index is 12.6. The van der Waals surface area contributed by atoms with Gasteiger partial charge < -0.3 is 10.2 Å². The van der Waals surface area contributed by atoms with E-state index in [0.717, 1.165) is 17.8 Å². The van der Waals surface area contributed by atoms with Crippen LogP contribution in [0.2, 0.25) is 0 Å². The highest BCUT2D eigenvalue weighted by Crippen LogP contribution is 2.34. The van der Waals surface area contributed by atoms with Crippen LogP contribution in [0.1, 0.15) is 40.0 Å². The highest BCUT2D eigenvalue weighted by molar-refractivity contribution is 7.86. The summed E-state index contributed by atoms with van der Waals surface area (Å²) in [5.41, 5.74) is 1.02. The van der Waals surface area contributed by atoms with Crippen molar-refractivity contribution >= 4 is 27.4 Å². The van der Waals surface area contributed by atoms with Crippen molar-refractivity contribution in [3.63, 3.8) is 0 Å². The van der Waals surface area contributed by atoms with E-state index < -0.39 is 15.7 Å². The molecule has 2 rings (SSSR count). The van der Waals surface area contributed by atoms with Crippen LogP contribution in [-0.2, 0) is 19.1 Å². The molecule has 0 spiro atoms. The number of nitrogens with one attached hydrogen (secondary N) is 1. The van der Waals surface area contributed by atoms with E-state index in [-0.39, 0.29) is 18.3 Å². The van der Waals surface area contributed by atoms with Gasteiger partial charge in [0.2, 0.25) is 0 Å². The van der Waals surface area contributed by atoms with Crippen molar-refractivity contribution in [2.75, 3.05) is 29.1 Å². The van der Waals surface area contributed by atoms with Crippen LogP contribution in [0.3, 0.4) is 0 Å². The topological polar surface area (TPSA) is 75.7 Å². The second kappa shape index (κ2) is 7.53. The fourth-order valence-corrected chi connectivity index (χ4v) is 3.79. The zero-order valence-electron chi connectivity index (χ0n) is 14.5. The molecule has 0 aromatic heterocycles. The lowest BCUT2D eigenvalue weighted by Crippen LogP contribution is -2.54. The van der Waals surface area contributed by atoms with Gasteiger partial charge in [-0.05, 0) is 38.8 Å². The van der Waals surface area contributed by atoms with E-state index in [2.05, 4.69) is 5.32 Å². The first-order chi connectivity index (χ1) is 11.3. The number of carbonyl (C=O) groups is 1. The Morgan fingerprint density at radius 1 is 1.21 bits per heavy atom. The van der Waals surface area contributed by atoms with Gasteiger partial charge in [-0.15, -0.1) is 0 Å². The zero-order valence-corrected chi connectivity index (χ0v) is 15.4. The van der Waals surface area contributed by atoms with Crippen molar-refractivity contribution in [2.24, 2.45) is 0 Å². The third-order valence-electron chi connectivity index (χ3n) is 3.96. The maximum absolute atomic E-state index is 12.6. The minimum Gasteiger partial charge on any atom is -0.370 e. The molecule has 6 nitrogen and oxygen atoms in total. The minimum atomic E-state index is -3.46. The lowest BCUT2D eigenvalue weighted by molar-refractivity contribution is -0.122. The van der Waals surface area contributed by atoms with Crippen LogP contribution in [0.25, 0.3) is 0 Å². The molecule has 0 bridgehead atoms. The molecule has 0 unspecified atom stereocenters. The van der Waals surface area contributed by atoms with Gasteiger partial charge in [0, 0.05) is 6.54 Å². The van der Waals surface area contributed by atoms with E-state index in [1.54, 1.807) is 4.90 Å². The zero-order chi connectivity index (χ0) is 17.8. The molecule has 7 heteroatoms. The van der Waals surface area contributed by atoms with E-state index in [1.807, 2.05) is 45.0 Å². The quantitative estimate of drug-likeness (QED) is 0.574. The van der Waals surface area contributed by atoms with Crippen molar-refractivity contribution in [2.45, 2.75) is 45.6 Å². The number of anilines is 2. The molecule has 1 N–H and O–H groups in total. The van der Waals surface area contributed by atoms with Crippen molar-refractivity contribution in [1.82, 2.24) is 0 Å². The molecule has 0 atom stereocenters. The van der Waals surface area contributed by atoms with Gasteiger partial charge in [0.15, 0.2) is 0 Å². The monoisotopic (exact) mass is 354 g/mol. The second-order valence-electron chi connectivity index (χ2n) is 6.51. The molecule has 1 amide bonds. The van der Waals surface area contributed by atoms with Crippen LogP contribution in [-0.4, -0.2) is 38.8 Å². The number of fused-ring (bicyclic) bond motifs is 1.